The SMILES string of the molecule is C=C.CCCNCCC.[HH]. The molecule has 0 unspecified atom stereocenters. The second kappa shape index (κ2) is 15.6. The average Bonchev–Trinajstić information content (AvgIpc) is 1.94. The lowest BCUT2D eigenvalue weighted by atomic mass is 10.4. The Hall–Kier alpha value is -0.300. The van der Waals surface area contributed by atoms with Gasteiger partial charge in [-0.2, -0.15) is 0 Å². The van der Waals surface area contributed by atoms with Crippen LogP contribution in [-0.2, 0) is 0 Å². The Labute approximate surface area is 60.6 Å². The van der Waals surface area contributed by atoms with Crippen molar-refractivity contribution in [1.82, 2.24) is 5.32 Å². The van der Waals surface area contributed by atoms with E-state index in [9.17, 15) is 0 Å². The first kappa shape index (κ1) is 11.5. The first-order valence-corrected chi connectivity index (χ1v) is 3.62. The van der Waals surface area contributed by atoms with Crippen LogP contribution in [0.2, 0.25) is 0 Å². The molecule has 0 heterocycles. The second-order valence-electron chi connectivity index (χ2n) is 1.75. The minimum Gasteiger partial charge on any atom is -0.317 e. The van der Waals surface area contributed by atoms with E-state index in [4.69, 9.17) is 0 Å². The van der Waals surface area contributed by atoms with Crippen LogP contribution in [0.15, 0.2) is 13.2 Å². The molecule has 0 aliphatic rings. The van der Waals surface area contributed by atoms with E-state index in [-0.39, 0.29) is 1.43 Å². The van der Waals surface area contributed by atoms with Crippen molar-refractivity contribution in [2.75, 3.05) is 13.1 Å². The van der Waals surface area contributed by atoms with Gasteiger partial charge in [0, 0.05) is 1.43 Å². The highest BCUT2D eigenvalue weighted by atomic mass is 14.8. The Morgan fingerprint density at radius 3 is 1.67 bits per heavy atom. The molecular weight excluding hydrogens is 110 g/mol. The third kappa shape index (κ3) is 18.3. The van der Waals surface area contributed by atoms with Crippen molar-refractivity contribution in [3.8, 4) is 0 Å². The van der Waals surface area contributed by atoms with Crippen molar-refractivity contribution in [2.24, 2.45) is 0 Å². The molecule has 1 heteroatoms. The van der Waals surface area contributed by atoms with Gasteiger partial charge in [0.1, 0.15) is 0 Å². The fraction of sp³-hybridized carbons (Fsp3) is 0.750. The molecule has 0 spiro atoms. The molecule has 0 bridgehead atoms. The molecular formula is C8H21N. The summed E-state index contributed by atoms with van der Waals surface area (Å²) in [7, 11) is 0. The van der Waals surface area contributed by atoms with Gasteiger partial charge in [-0.3, -0.25) is 0 Å². The van der Waals surface area contributed by atoms with Gasteiger partial charge in [-0.05, 0) is 25.9 Å². The number of rotatable bonds is 4. The summed E-state index contributed by atoms with van der Waals surface area (Å²) in [5, 5.41) is 3.28. The first-order chi connectivity index (χ1) is 4.41. The number of nitrogens with one attached hydrogen (secondary N) is 1. The van der Waals surface area contributed by atoms with E-state index in [1.54, 1.807) is 0 Å². The van der Waals surface area contributed by atoms with Gasteiger partial charge in [0.25, 0.3) is 0 Å². The van der Waals surface area contributed by atoms with Crippen LogP contribution in [-0.4, -0.2) is 13.1 Å². The summed E-state index contributed by atoms with van der Waals surface area (Å²) < 4.78 is 0. The summed E-state index contributed by atoms with van der Waals surface area (Å²) in [5.74, 6) is 0. The predicted molar refractivity (Wildman–Crippen MR) is 46.8 cm³/mol. The van der Waals surface area contributed by atoms with Crippen LogP contribution in [0.25, 0.3) is 0 Å². The first-order valence-electron chi connectivity index (χ1n) is 3.62. The quantitative estimate of drug-likeness (QED) is 0.456. The van der Waals surface area contributed by atoms with Gasteiger partial charge in [0.05, 0.1) is 0 Å². The van der Waals surface area contributed by atoms with Gasteiger partial charge >= 0.3 is 0 Å². The molecule has 0 saturated carbocycles. The summed E-state index contributed by atoms with van der Waals surface area (Å²) in [5.41, 5.74) is 0. The van der Waals surface area contributed by atoms with Gasteiger partial charge in [0.15, 0.2) is 0 Å². The van der Waals surface area contributed by atoms with E-state index in [2.05, 4.69) is 32.3 Å². The molecule has 58 valence electrons. The van der Waals surface area contributed by atoms with E-state index in [0.717, 1.165) is 0 Å². The van der Waals surface area contributed by atoms with E-state index >= 15 is 0 Å². The standard InChI is InChI=1S/C6H15N.C2H4.H2/c1-3-5-7-6-4-2;1-2;/h7H,3-6H2,1-2H3;1-2H2;1H. The molecule has 0 aromatic carbocycles. The van der Waals surface area contributed by atoms with E-state index in [1.165, 1.54) is 25.9 Å². The van der Waals surface area contributed by atoms with Crippen LogP contribution in [0.5, 0.6) is 0 Å². The molecule has 0 aliphatic heterocycles. The lowest BCUT2D eigenvalue weighted by molar-refractivity contribution is 0.662. The maximum Gasteiger partial charge on any atom is 0 e. The fourth-order valence-electron chi connectivity index (χ4n) is 0.479. The third-order valence-corrected chi connectivity index (χ3v) is 0.854. The van der Waals surface area contributed by atoms with Crippen LogP contribution in [0.1, 0.15) is 28.1 Å². The van der Waals surface area contributed by atoms with Gasteiger partial charge in [-0.15, -0.1) is 13.2 Å². The van der Waals surface area contributed by atoms with Crippen LogP contribution < -0.4 is 5.32 Å². The topological polar surface area (TPSA) is 12.0 Å². The maximum atomic E-state index is 3.28. The van der Waals surface area contributed by atoms with Crippen LogP contribution in [0.3, 0.4) is 0 Å². The van der Waals surface area contributed by atoms with Crippen molar-refractivity contribution in [1.29, 1.82) is 0 Å². The summed E-state index contributed by atoms with van der Waals surface area (Å²) in [6, 6.07) is 0. The van der Waals surface area contributed by atoms with Gasteiger partial charge in [-0.1, -0.05) is 13.8 Å². The highest BCUT2D eigenvalue weighted by Crippen LogP contribution is 1.71. The Bertz CT molecular complexity index is 36.2. The molecule has 0 amide bonds. The van der Waals surface area contributed by atoms with E-state index < -0.39 is 0 Å². The molecule has 0 aliphatic carbocycles. The highest BCUT2D eigenvalue weighted by molar-refractivity contribution is 4.39. The Kier molecular flexibility index (Phi) is 20.0. The van der Waals surface area contributed by atoms with Gasteiger partial charge in [0.2, 0.25) is 0 Å². The molecule has 1 nitrogen and oxygen atoms in total. The minimum absolute atomic E-state index is 0. The van der Waals surface area contributed by atoms with Crippen molar-refractivity contribution < 1.29 is 1.43 Å². The Morgan fingerprint density at radius 2 is 1.44 bits per heavy atom. The smallest absolute Gasteiger partial charge is 0 e. The third-order valence-electron chi connectivity index (χ3n) is 0.854. The van der Waals surface area contributed by atoms with Gasteiger partial charge in [-0.25, -0.2) is 0 Å². The minimum atomic E-state index is 0. The second-order valence-corrected chi connectivity index (χ2v) is 1.75. The molecule has 9 heavy (non-hydrogen) atoms. The largest absolute Gasteiger partial charge is 0.317 e. The zero-order chi connectivity index (χ0) is 7.54. The summed E-state index contributed by atoms with van der Waals surface area (Å²) >= 11 is 0. The van der Waals surface area contributed by atoms with Crippen molar-refractivity contribution in [2.45, 2.75) is 26.7 Å². The maximum absolute atomic E-state index is 3.28. The number of hydrogen-bond donors (Lipinski definition) is 1. The number of hydrogen-bond acceptors (Lipinski definition) is 1. The predicted octanol–water partition coefficient (Wildman–Crippen LogP) is 2.44. The van der Waals surface area contributed by atoms with Crippen LogP contribution in [0.4, 0.5) is 0 Å². The molecule has 0 aromatic rings. The van der Waals surface area contributed by atoms with Crippen LogP contribution in [0, 0.1) is 0 Å². The normalized spacial score (nSPS) is 7.78. The van der Waals surface area contributed by atoms with Crippen LogP contribution >= 0.6 is 0 Å². The molecule has 1 N–H and O–H groups in total. The molecule has 0 aromatic heterocycles. The highest BCUT2D eigenvalue weighted by Gasteiger charge is 1.76. The van der Waals surface area contributed by atoms with E-state index in [0.29, 0.717) is 0 Å². The molecule has 0 saturated heterocycles. The van der Waals surface area contributed by atoms with Crippen molar-refractivity contribution >= 4 is 0 Å². The van der Waals surface area contributed by atoms with Gasteiger partial charge < -0.3 is 5.32 Å². The fourth-order valence-corrected chi connectivity index (χ4v) is 0.479. The monoisotopic (exact) mass is 131 g/mol. The van der Waals surface area contributed by atoms with E-state index in [1.807, 2.05) is 0 Å². The Morgan fingerprint density at radius 1 is 1.11 bits per heavy atom. The van der Waals surface area contributed by atoms with Crippen molar-refractivity contribution in [3.05, 3.63) is 13.2 Å². The Balaban J connectivity index is -0.000000149. The molecule has 0 rings (SSSR count). The zero-order valence-corrected chi connectivity index (χ0v) is 6.74. The lowest BCUT2D eigenvalue weighted by Gasteiger charge is -1.95. The average molecular weight is 131 g/mol. The zero-order valence-electron chi connectivity index (χ0n) is 6.74. The lowest BCUT2D eigenvalue weighted by Crippen LogP contribution is -2.14. The van der Waals surface area contributed by atoms with Crippen molar-refractivity contribution in [3.63, 3.8) is 0 Å². The summed E-state index contributed by atoms with van der Waals surface area (Å²) in [4.78, 5) is 0. The molecule has 0 radical (unpaired) electrons. The summed E-state index contributed by atoms with van der Waals surface area (Å²) in [6.07, 6.45) is 2.50. The summed E-state index contributed by atoms with van der Waals surface area (Å²) in [6.45, 7) is 12.7. The molecule has 0 fully saturated rings. The molecule has 0 atom stereocenters.